The number of nitrogens with zero attached hydrogens (tertiary/aromatic N) is 1. The van der Waals surface area contributed by atoms with Gasteiger partial charge in [0, 0.05) is 6.54 Å². The van der Waals surface area contributed by atoms with Gasteiger partial charge in [-0.1, -0.05) is 26.0 Å². The second kappa shape index (κ2) is 11.7. The minimum Gasteiger partial charge on any atom is -0.316 e. The van der Waals surface area contributed by atoms with E-state index in [2.05, 4.69) is 49.9 Å². The van der Waals surface area contributed by atoms with Gasteiger partial charge >= 0.3 is 0 Å². The minimum absolute atomic E-state index is 0.752. The van der Waals surface area contributed by atoms with Crippen LogP contribution in [-0.2, 0) is 0 Å². The summed E-state index contributed by atoms with van der Waals surface area (Å²) < 4.78 is 0. The van der Waals surface area contributed by atoms with Crippen LogP contribution in [0.15, 0.2) is 12.2 Å². The smallest absolute Gasteiger partial charge is 0.0159 e. The topological polar surface area (TPSA) is 27.3 Å². The van der Waals surface area contributed by atoms with Crippen LogP contribution >= 0.6 is 0 Å². The third-order valence-electron chi connectivity index (χ3n) is 2.77. The Hall–Kier alpha value is -0.380. The van der Waals surface area contributed by atoms with Crippen molar-refractivity contribution in [1.82, 2.24) is 15.5 Å². The first-order valence-electron chi connectivity index (χ1n) is 7.26. The summed E-state index contributed by atoms with van der Waals surface area (Å²) in [5, 5.41) is 6.87. The molecule has 0 fully saturated rings. The summed E-state index contributed by atoms with van der Waals surface area (Å²) in [6, 6.07) is 0. The lowest BCUT2D eigenvalue weighted by Gasteiger charge is -2.17. The highest BCUT2D eigenvalue weighted by molar-refractivity contribution is 4.90. The van der Waals surface area contributed by atoms with Gasteiger partial charge in [-0.25, -0.2) is 0 Å². The largest absolute Gasteiger partial charge is 0.316 e. The molecule has 0 aromatic heterocycles. The first-order valence-corrected chi connectivity index (χ1v) is 7.26. The van der Waals surface area contributed by atoms with Gasteiger partial charge in [0.1, 0.15) is 0 Å². The van der Waals surface area contributed by atoms with E-state index in [0.29, 0.717) is 0 Å². The van der Waals surface area contributed by atoms with Gasteiger partial charge < -0.3 is 15.5 Å². The zero-order chi connectivity index (χ0) is 13.8. The summed E-state index contributed by atoms with van der Waals surface area (Å²) in [7, 11) is 2.21. The van der Waals surface area contributed by atoms with E-state index in [9.17, 15) is 0 Å². The molecule has 0 radical (unpaired) electrons. The Morgan fingerprint density at radius 2 is 1.67 bits per heavy atom. The van der Waals surface area contributed by atoms with Crippen LogP contribution in [0.4, 0.5) is 0 Å². The molecular formula is C15H33N3. The number of hydrogen-bond donors (Lipinski definition) is 2. The van der Waals surface area contributed by atoms with Gasteiger partial charge in [-0.05, 0) is 65.5 Å². The molecule has 0 unspecified atom stereocenters. The summed E-state index contributed by atoms with van der Waals surface area (Å²) in [5.41, 5.74) is 1.21. The molecule has 0 aliphatic carbocycles. The molecule has 3 nitrogen and oxygen atoms in total. The van der Waals surface area contributed by atoms with E-state index in [0.717, 1.165) is 32.1 Å². The van der Waals surface area contributed by atoms with Gasteiger partial charge in [0.15, 0.2) is 0 Å². The predicted molar refractivity (Wildman–Crippen MR) is 82.1 cm³/mol. The Bertz CT molecular complexity index is 202. The zero-order valence-electron chi connectivity index (χ0n) is 12.9. The number of rotatable bonds is 12. The molecule has 3 heteroatoms. The van der Waals surface area contributed by atoms with Crippen LogP contribution in [0.25, 0.3) is 0 Å². The second-order valence-corrected chi connectivity index (χ2v) is 5.74. The average Bonchev–Trinajstić information content (AvgIpc) is 2.27. The van der Waals surface area contributed by atoms with E-state index in [1.54, 1.807) is 0 Å². The molecule has 0 aliphatic heterocycles. The fraction of sp³-hybridized carbons (Fsp3) is 0.867. The predicted octanol–water partition coefficient (Wildman–Crippen LogP) is 2.11. The third-order valence-corrected chi connectivity index (χ3v) is 2.77. The molecule has 18 heavy (non-hydrogen) atoms. The van der Waals surface area contributed by atoms with E-state index in [1.165, 1.54) is 31.5 Å². The SMILES string of the molecule is C=C(C)CNCCCN(C)CCCNCC(C)C. The first kappa shape index (κ1) is 17.6. The van der Waals surface area contributed by atoms with Crippen LogP contribution in [-0.4, -0.2) is 51.2 Å². The highest BCUT2D eigenvalue weighted by atomic mass is 15.1. The Morgan fingerprint density at radius 1 is 1.11 bits per heavy atom. The van der Waals surface area contributed by atoms with Gasteiger partial charge in [-0.3, -0.25) is 0 Å². The summed E-state index contributed by atoms with van der Waals surface area (Å²) in [6.45, 7) is 17.1. The van der Waals surface area contributed by atoms with Crippen molar-refractivity contribution in [3.8, 4) is 0 Å². The van der Waals surface area contributed by atoms with Crippen molar-refractivity contribution in [2.75, 3.05) is 46.3 Å². The molecule has 2 N–H and O–H groups in total. The highest BCUT2D eigenvalue weighted by Gasteiger charge is 1.98. The Labute approximate surface area is 114 Å². The average molecular weight is 255 g/mol. The van der Waals surface area contributed by atoms with E-state index in [4.69, 9.17) is 0 Å². The minimum atomic E-state index is 0.752. The Kier molecular flexibility index (Phi) is 11.4. The molecule has 0 spiro atoms. The Morgan fingerprint density at radius 3 is 2.17 bits per heavy atom. The molecule has 0 aliphatic rings. The molecule has 0 rings (SSSR count). The van der Waals surface area contributed by atoms with Crippen molar-refractivity contribution >= 4 is 0 Å². The molecule has 0 heterocycles. The highest BCUT2D eigenvalue weighted by Crippen LogP contribution is 1.91. The van der Waals surface area contributed by atoms with Crippen LogP contribution in [0.3, 0.4) is 0 Å². The molecule has 0 bridgehead atoms. The van der Waals surface area contributed by atoms with Gasteiger partial charge in [0.05, 0.1) is 0 Å². The normalized spacial score (nSPS) is 11.4. The first-order chi connectivity index (χ1) is 8.52. The quantitative estimate of drug-likeness (QED) is 0.413. The van der Waals surface area contributed by atoms with Crippen LogP contribution in [0.5, 0.6) is 0 Å². The van der Waals surface area contributed by atoms with Gasteiger partial charge in [-0.15, -0.1) is 0 Å². The van der Waals surface area contributed by atoms with Gasteiger partial charge in [0.2, 0.25) is 0 Å². The lowest BCUT2D eigenvalue weighted by molar-refractivity contribution is 0.320. The van der Waals surface area contributed by atoms with E-state index in [1.807, 2.05) is 0 Å². The number of nitrogens with one attached hydrogen (secondary N) is 2. The number of hydrogen-bond acceptors (Lipinski definition) is 3. The molecule has 0 aromatic rings. The van der Waals surface area contributed by atoms with Crippen LogP contribution in [0.2, 0.25) is 0 Å². The maximum absolute atomic E-state index is 3.88. The van der Waals surface area contributed by atoms with E-state index >= 15 is 0 Å². The van der Waals surface area contributed by atoms with Crippen molar-refractivity contribution in [3.63, 3.8) is 0 Å². The van der Waals surface area contributed by atoms with E-state index < -0.39 is 0 Å². The summed E-state index contributed by atoms with van der Waals surface area (Å²) in [6.07, 6.45) is 2.45. The third kappa shape index (κ3) is 13.7. The molecular weight excluding hydrogens is 222 g/mol. The fourth-order valence-corrected chi connectivity index (χ4v) is 1.75. The van der Waals surface area contributed by atoms with Crippen molar-refractivity contribution < 1.29 is 0 Å². The molecule has 0 atom stereocenters. The van der Waals surface area contributed by atoms with E-state index in [-0.39, 0.29) is 0 Å². The summed E-state index contributed by atoms with van der Waals surface area (Å²) in [4.78, 5) is 2.42. The maximum atomic E-state index is 3.88. The summed E-state index contributed by atoms with van der Waals surface area (Å²) in [5.74, 6) is 0.752. The van der Waals surface area contributed by atoms with Crippen molar-refractivity contribution in [2.45, 2.75) is 33.6 Å². The molecule has 0 saturated carbocycles. The van der Waals surface area contributed by atoms with Crippen molar-refractivity contribution in [2.24, 2.45) is 5.92 Å². The van der Waals surface area contributed by atoms with Crippen LogP contribution in [0.1, 0.15) is 33.6 Å². The second-order valence-electron chi connectivity index (χ2n) is 5.74. The monoisotopic (exact) mass is 255 g/mol. The van der Waals surface area contributed by atoms with Gasteiger partial charge in [-0.2, -0.15) is 0 Å². The lowest BCUT2D eigenvalue weighted by Crippen LogP contribution is -2.28. The van der Waals surface area contributed by atoms with Crippen LogP contribution < -0.4 is 10.6 Å². The molecule has 0 aromatic carbocycles. The Balaban J connectivity index is 3.22. The summed E-state index contributed by atoms with van der Waals surface area (Å²) >= 11 is 0. The maximum Gasteiger partial charge on any atom is 0.0159 e. The lowest BCUT2D eigenvalue weighted by atomic mass is 10.2. The molecule has 108 valence electrons. The standard InChI is InChI=1S/C15H33N3/c1-14(2)12-16-8-6-10-18(5)11-7-9-17-13-15(3)4/h15-17H,1,6-13H2,2-5H3. The van der Waals surface area contributed by atoms with Gasteiger partial charge in [0.25, 0.3) is 0 Å². The molecule has 0 amide bonds. The zero-order valence-corrected chi connectivity index (χ0v) is 12.9. The van der Waals surface area contributed by atoms with Crippen molar-refractivity contribution in [3.05, 3.63) is 12.2 Å². The van der Waals surface area contributed by atoms with Crippen LogP contribution in [0, 0.1) is 5.92 Å². The molecule has 0 saturated heterocycles. The van der Waals surface area contributed by atoms with Crippen molar-refractivity contribution in [1.29, 1.82) is 0 Å². The fourth-order valence-electron chi connectivity index (χ4n) is 1.75.